The molecule has 1 saturated carbocycles. The summed E-state index contributed by atoms with van der Waals surface area (Å²) in [5.41, 5.74) is 1.47. The third-order valence-electron chi connectivity index (χ3n) is 6.09. The molecule has 4 rings (SSSR count). The number of piperidine rings is 1. The second kappa shape index (κ2) is 8.73. The molecule has 1 aliphatic carbocycles. The Labute approximate surface area is 163 Å². The van der Waals surface area contributed by atoms with E-state index in [4.69, 9.17) is 4.98 Å². The highest BCUT2D eigenvalue weighted by atomic mass is 15.2. The van der Waals surface area contributed by atoms with Crippen molar-refractivity contribution in [3.8, 4) is 0 Å². The summed E-state index contributed by atoms with van der Waals surface area (Å²) in [5.74, 6) is 3.76. The Morgan fingerprint density at radius 3 is 2.44 bits per heavy atom. The second-order valence-electron chi connectivity index (χ2n) is 8.26. The molecule has 2 aromatic rings. The van der Waals surface area contributed by atoms with E-state index < -0.39 is 0 Å². The number of anilines is 2. The van der Waals surface area contributed by atoms with Gasteiger partial charge in [-0.25, -0.2) is 9.97 Å². The SMILES string of the molecule is Cc1nc(NC2CCCCC2)cc(N2CCC(Cc3ccccc3)CC2)n1. The molecule has 0 unspecified atom stereocenters. The van der Waals surface area contributed by atoms with Gasteiger partial charge in [-0.05, 0) is 50.5 Å². The molecule has 0 atom stereocenters. The first-order valence-electron chi connectivity index (χ1n) is 10.7. The van der Waals surface area contributed by atoms with Gasteiger partial charge < -0.3 is 10.2 Å². The normalized spacial score (nSPS) is 19.2. The lowest BCUT2D eigenvalue weighted by Crippen LogP contribution is -2.35. The highest BCUT2D eigenvalue weighted by Crippen LogP contribution is 2.27. The molecule has 144 valence electrons. The summed E-state index contributed by atoms with van der Waals surface area (Å²) in [6.07, 6.45) is 10.3. The largest absolute Gasteiger partial charge is 0.367 e. The molecular weight excluding hydrogens is 332 g/mol. The molecule has 4 heteroatoms. The van der Waals surface area contributed by atoms with Gasteiger partial charge in [0.15, 0.2) is 0 Å². The molecule has 1 aromatic heterocycles. The summed E-state index contributed by atoms with van der Waals surface area (Å²) in [5, 5.41) is 3.66. The van der Waals surface area contributed by atoms with Crippen molar-refractivity contribution in [1.29, 1.82) is 0 Å². The maximum atomic E-state index is 4.73. The summed E-state index contributed by atoms with van der Waals surface area (Å²) >= 11 is 0. The van der Waals surface area contributed by atoms with Crippen molar-refractivity contribution in [3.63, 3.8) is 0 Å². The molecule has 2 heterocycles. The molecule has 2 fully saturated rings. The monoisotopic (exact) mass is 364 g/mol. The molecule has 1 aliphatic heterocycles. The van der Waals surface area contributed by atoms with Gasteiger partial charge >= 0.3 is 0 Å². The van der Waals surface area contributed by atoms with Crippen LogP contribution in [0.3, 0.4) is 0 Å². The Bertz CT molecular complexity index is 716. The highest BCUT2D eigenvalue weighted by Gasteiger charge is 2.22. The van der Waals surface area contributed by atoms with Gasteiger partial charge in [-0.15, -0.1) is 0 Å². The topological polar surface area (TPSA) is 41.1 Å². The van der Waals surface area contributed by atoms with E-state index >= 15 is 0 Å². The standard InChI is InChI=1S/C23H32N4/c1-18-24-22(26-21-10-6-3-7-11-21)17-23(25-18)27-14-12-20(13-15-27)16-19-8-4-2-5-9-19/h2,4-5,8-9,17,20-21H,3,6-7,10-16H2,1H3,(H,24,25,26). The van der Waals surface area contributed by atoms with Gasteiger partial charge in [-0.3, -0.25) is 0 Å². The van der Waals surface area contributed by atoms with Crippen molar-refractivity contribution >= 4 is 11.6 Å². The van der Waals surface area contributed by atoms with E-state index in [0.717, 1.165) is 36.5 Å². The molecule has 0 bridgehead atoms. The lowest BCUT2D eigenvalue weighted by atomic mass is 9.90. The zero-order valence-corrected chi connectivity index (χ0v) is 16.5. The number of rotatable bonds is 5. The lowest BCUT2D eigenvalue weighted by Gasteiger charge is -2.33. The minimum absolute atomic E-state index is 0.581. The first-order valence-corrected chi connectivity index (χ1v) is 10.7. The fourth-order valence-electron chi connectivity index (χ4n) is 4.56. The molecule has 27 heavy (non-hydrogen) atoms. The number of benzene rings is 1. The van der Waals surface area contributed by atoms with Crippen LogP contribution in [0.1, 0.15) is 56.3 Å². The Morgan fingerprint density at radius 2 is 1.70 bits per heavy atom. The quantitative estimate of drug-likeness (QED) is 0.811. The smallest absolute Gasteiger partial charge is 0.134 e. The number of aryl methyl sites for hydroxylation is 1. The van der Waals surface area contributed by atoms with Crippen LogP contribution in [0.15, 0.2) is 36.4 Å². The third-order valence-corrected chi connectivity index (χ3v) is 6.09. The van der Waals surface area contributed by atoms with Crippen LogP contribution >= 0.6 is 0 Å². The molecule has 1 aromatic carbocycles. The first-order chi connectivity index (χ1) is 13.3. The number of hydrogen-bond donors (Lipinski definition) is 1. The van der Waals surface area contributed by atoms with Crippen molar-refractivity contribution in [2.45, 2.75) is 64.3 Å². The zero-order valence-electron chi connectivity index (χ0n) is 16.5. The highest BCUT2D eigenvalue weighted by molar-refractivity contribution is 5.50. The van der Waals surface area contributed by atoms with Gasteiger partial charge in [0.25, 0.3) is 0 Å². The number of hydrogen-bond acceptors (Lipinski definition) is 4. The van der Waals surface area contributed by atoms with E-state index in [1.165, 1.54) is 56.9 Å². The Balaban J connectivity index is 1.36. The van der Waals surface area contributed by atoms with Gasteiger partial charge in [0.05, 0.1) is 0 Å². The van der Waals surface area contributed by atoms with Crippen molar-refractivity contribution in [1.82, 2.24) is 9.97 Å². The van der Waals surface area contributed by atoms with Crippen LogP contribution in [0, 0.1) is 12.8 Å². The minimum atomic E-state index is 0.581. The van der Waals surface area contributed by atoms with Crippen LogP contribution in [0.2, 0.25) is 0 Å². The van der Waals surface area contributed by atoms with Gasteiger partial charge in [-0.2, -0.15) is 0 Å². The van der Waals surface area contributed by atoms with Crippen LogP contribution in [-0.4, -0.2) is 29.1 Å². The lowest BCUT2D eigenvalue weighted by molar-refractivity contribution is 0.402. The van der Waals surface area contributed by atoms with Crippen molar-refractivity contribution in [2.75, 3.05) is 23.3 Å². The molecule has 0 amide bonds. The predicted molar refractivity (Wildman–Crippen MR) is 112 cm³/mol. The summed E-state index contributed by atoms with van der Waals surface area (Å²) in [7, 11) is 0. The van der Waals surface area contributed by atoms with Crippen LogP contribution in [0.5, 0.6) is 0 Å². The van der Waals surface area contributed by atoms with E-state index in [2.05, 4.69) is 51.6 Å². The second-order valence-corrected chi connectivity index (χ2v) is 8.26. The van der Waals surface area contributed by atoms with E-state index in [1.807, 2.05) is 6.92 Å². The number of aromatic nitrogens is 2. The maximum Gasteiger partial charge on any atom is 0.134 e. The first kappa shape index (κ1) is 18.3. The summed E-state index contributed by atoms with van der Waals surface area (Å²) < 4.78 is 0. The van der Waals surface area contributed by atoms with Crippen LogP contribution in [0.25, 0.3) is 0 Å². The van der Waals surface area contributed by atoms with E-state index in [0.29, 0.717) is 6.04 Å². The molecule has 1 saturated heterocycles. The van der Waals surface area contributed by atoms with Gasteiger partial charge in [0, 0.05) is 25.2 Å². The average Bonchev–Trinajstić information content (AvgIpc) is 2.70. The minimum Gasteiger partial charge on any atom is -0.367 e. The zero-order chi connectivity index (χ0) is 18.5. The Morgan fingerprint density at radius 1 is 0.963 bits per heavy atom. The van der Waals surface area contributed by atoms with E-state index in [1.54, 1.807) is 0 Å². The van der Waals surface area contributed by atoms with E-state index in [9.17, 15) is 0 Å². The average molecular weight is 365 g/mol. The summed E-state index contributed by atoms with van der Waals surface area (Å²) in [4.78, 5) is 11.8. The Kier molecular flexibility index (Phi) is 5.90. The fraction of sp³-hybridized carbons (Fsp3) is 0.565. The molecule has 0 radical (unpaired) electrons. The summed E-state index contributed by atoms with van der Waals surface area (Å²) in [6, 6.07) is 13.6. The molecular formula is C23H32N4. The van der Waals surface area contributed by atoms with Crippen LogP contribution < -0.4 is 10.2 Å². The molecule has 2 aliphatic rings. The van der Waals surface area contributed by atoms with E-state index in [-0.39, 0.29) is 0 Å². The third kappa shape index (κ3) is 5.00. The number of nitrogens with zero attached hydrogens (tertiary/aromatic N) is 3. The fourth-order valence-corrected chi connectivity index (χ4v) is 4.56. The molecule has 1 N–H and O–H groups in total. The van der Waals surface area contributed by atoms with Gasteiger partial charge in [0.2, 0.25) is 0 Å². The van der Waals surface area contributed by atoms with Gasteiger partial charge in [0.1, 0.15) is 17.5 Å². The van der Waals surface area contributed by atoms with Crippen molar-refractivity contribution in [2.24, 2.45) is 5.92 Å². The maximum absolute atomic E-state index is 4.73. The molecule has 0 spiro atoms. The summed E-state index contributed by atoms with van der Waals surface area (Å²) in [6.45, 7) is 4.20. The van der Waals surface area contributed by atoms with Crippen LogP contribution in [-0.2, 0) is 6.42 Å². The predicted octanol–water partition coefficient (Wildman–Crippen LogP) is 4.99. The molecule has 4 nitrogen and oxygen atoms in total. The van der Waals surface area contributed by atoms with Crippen LogP contribution in [0.4, 0.5) is 11.6 Å². The van der Waals surface area contributed by atoms with Crippen molar-refractivity contribution in [3.05, 3.63) is 47.8 Å². The Hall–Kier alpha value is -2.10. The number of nitrogens with one attached hydrogen (secondary N) is 1. The van der Waals surface area contributed by atoms with Crippen molar-refractivity contribution < 1.29 is 0 Å². The van der Waals surface area contributed by atoms with Gasteiger partial charge in [-0.1, -0.05) is 49.6 Å².